The number of halogens is 1. The van der Waals surface area contributed by atoms with Crippen molar-refractivity contribution >= 4 is 29.7 Å². The predicted octanol–water partition coefficient (Wildman–Crippen LogP) is 4.46. The van der Waals surface area contributed by atoms with Gasteiger partial charge in [-0.3, -0.25) is 4.79 Å². The molecule has 2 rings (SSSR count). The van der Waals surface area contributed by atoms with Gasteiger partial charge >= 0.3 is 6.09 Å². The van der Waals surface area contributed by atoms with Crippen LogP contribution in [0.25, 0.3) is 6.08 Å². The molecule has 5 nitrogen and oxygen atoms in total. The molecule has 2 amide bonds. The summed E-state index contributed by atoms with van der Waals surface area (Å²) in [7, 11) is 1.76. The minimum absolute atomic E-state index is 0.0175. The van der Waals surface area contributed by atoms with Crippen LogP contribution >= 0.6 is 11.6 Å². The van der Waals surface area contributed by atoms with E-state index in [1.54, 1.807) is 36.2 Å². The highest BCUT2D eigenvalue weighted by Gasteiger charge is 2.25. The molecular formula is C21H29ClN2O3. The van der Waals surface area contributed by atoms with E-state index in [-0.39, 0.29) is 12.0 Å². The number of hydrogen-bond donors (Lipinski definition) is 0. The van der Waals surface area contributed by atoms with Gasteiger partial charge in [0.1, 0.15) is 5.60 Å². The van der Waals surface area contributed by atoms with Gasteiger partial charge in [-0.1, -0.05) is 23.7 Å². The molecule has 0 saturated carbocycles. The van der Waals surface area contributed by atoms with Crippen LogP contribution in [0, 0.1) is 5.92 Å². The number of piperidine rings is 1. The van der Waals surface area contributed by atoms with Gasteiger partial charge in [-0.25, -0.2) is 4.79 Å². The third-order valence-corrected chi connectivity index (χ3v) is 4.70. The zero-order valence-electron chi connectivity index (χ0n) is 16.6. The van der Waals surface area contributed by atoms with Gasteiger partial charge in [0.2, 0.25) is 5.91 Å². The molecule has 27 heavy (non-hydrogen) atoms. The summed E-state index contributed by atoms with van der Waals surface area (Å²) in [6.45, 7) is 7.64. The van der Waals surface area contributed by atoms with E-state index >= 15 is 0 Å². The molecule has 1 aliphatic heterocycles. The molecule has 1 aromatic rings. The predicted molar refractivity (Wildman–Crippen MR) is 109 cm³/mol. The highest BCUT2D eigenvalue weighted by atomic mass is 35.5. The van der Waals surface area contributed by atoms with Gasteiger partial charge in [0.15, 0.2) is 0 Å². The number of nitrogens with zero attached hydrogens (tertiary/aromatic N) is 2. The minimum Gasteiger partial charge on any atom is -0.444 e. The Bertz CT molecular complexity index is 672. The maximum Gasteiger partial charge on any atom is 0.410 e. The third-order valence-electron chi connectivity index (χ3n) is 4.45. The monoisotopic (exact) mass is 392 g/mol. The van der Waals surface area contributed by atoms with Gasteiger partial charge in [0, 0.05) is 37.8 Å². The summed E-state index contributed by atoms with van der Waals surface area (Å²) >= 11 is 5.87. The number of likely N-dealkylation sites (tertiary alicyclic amines) is 1. The van der Waals surface area contributed by atoms with Crippen molar-refractivity contribution in [1.82, 2.24) is 9.80 Å². The van der Waals surface area contributed by atoms with Gasteiger partial charge in [0.25, 0.3) is 0 Å². The summed E-state index contributed by atoms with van der Waals surface area (Å²) in [5.74, 6) is 0.399. The first-order valence-corrected chi connectivity index (χ1v) is 9.68. The van der Waals surface area contributed by atoms with Crippen molar-refractivity contribution in [1.29, 1.82) is 0 Å². The Kier molecular flexibility index (Phi) is 7.31. The van der Waals surface area contributed by atoms with E-state index in [1.165, 1.54) is 0 Å². The molecule has 0 bridgehead atoms. The van der Waals surface area contributed by atoms with Crippen LogP contribution in [0.4, 0.5) is 4.79 Å². The van der Waals surface area contributed by atoms with Crippen LogP contribution in [-0.4, -0.2) is 54.1 Å². The first-order valence-electron chi connectivity index (χ1n) is 9.31. The van der Waals surface area contributed by atoms with Crippen LogP contribution in [0.3, 0.4) is 0 Å². The Hall–Kier alpha value is -2.01. The van der Waals surface area contributed by atoms with Crippen LogP contribution in [0.15, 0.2) is 30.3 Å². The van der Waals surface area contributed by atoms with Crippen LogP contribution in [0.1, 0.15) is 39.2 Å². The molecule has 0 unspecified atom stereocenters. The maximum absolute atomic E-state index is 12.4. The molecule has 0 aromatic heterocycles. The fourth-order valence-corrected chi connectivity index (χ4v) is 3.11. The third kappa shape index (κ3) is 7.25. The molecule has 1 fully saturated rings. The van der Waals surface area contributed by atoms with Gasteiger partial charge in [0.05, 0.1) is 0 Å². The average molecular weight is 393 g/mol. The minimum atomic E-state index is -0.489. The lowest BCUT2D eigenvalue weighted by Crippen LogP contribution is -2.42. The highest BCUT2D eigenvalue weighted by molar-refractivity contribution is 6.30. The van der Waals surface area contributed by atoms with Gasteiger partial charge in [-0.05, 0) is 63.3 Å². The molecule has 1 heterocycles. The van der Waals surface area contributed by atoms with E-state index in [1.807, 2.05) is 37.8 Å². The lowest BCUT2D eigenvalue weighted by molar-refractivity contribution is -0.127. The average Bonchev–Trinajstić information content (AvgIpc) is 2.60. The fourth-order valence-electron chi connectivity index (χ4n) is 2.98. The second-order valence-electron chi connectivity index (χ2n) is 8.01. The number of ether oxygens (including phenoxy) is 1. The van der Waals surface area contributed by atoms with Crippen LogP contribution in [0.2, 0.25) is 5.02 Å². The van der Waals surface area contributed by atoms with Crippen molar-refractivity contribution in [3.63, 3.8) is 0 Å². The molecule has 0 aliphatic carbocycles. The normalized spacial score (nSPS) is 15.8. The lowest BCUT2D eigenvalue weighted by atomic mass is 9.96. The lowest BCUT2D eigenvalue weighted by Gasteiger charge is -2.34. The smallest absolute Gasteiger partial charge is 0.410 e. The Morgan fingerprint density at radius 1 is 1.22 bits per heavy atom. The standard InChI is InChI=1S/C21H29ClN2O3/c1-21(2,3)27-20(26)23(4)15-17-11-13-24(14-12-17)19(25)10-7-16-5-8-18(22)9-6-16/h5-10,17H,11-15H2,1-4H3. The van der Waals surface area contributed by atoms with Crippen molar-refractivity contribution in [3.8, 4) is 0 Å². The number of carbonyl (C=O) groups excluding carboxylic acids is 2. The van der Waals surface area contributed by atoms with Crippen LogP contribution in [-0.2, 0) is 9.53 Å². The summed E-state index contributed by atoms with van der Waals surface area (Å²) in [6, 6.07) is 7.37. The summed E-state index contributed by atoms with van der Waals surface area (Å²) in [5.41, 5.74) is 0.457. The maximum atomic E-state index is 12.4. The number of hydrogen-bond acceptors (Lipinski definition) is 3. The number of rotatable bonds is 4. The quantitative estimate of drug-likeness (QED) is 0.711. The molecule has 0 radical (unpaired) electrons. The molecule has 148 valence electrons. The number of benzene rings is 1. The summed E-state index contributed by atoms with van der Waals surface area (Å²) in [5, 5.41) is 0.678. The van der Waals surface area contributed by atoms with Crippen LogP contribution in [0.5, 0.6) is 0 Å². The van der Waals surface area contributed by atoms with Crippen LogP contribution < -0.4 is 0 Å². The van der Waals surface area contributed by atoms with E-state index in [0.717, 1.165) is 18.4 Å². The molecule has 0 spiro atoms. The first kappa shape index (κ1) is 21.3. The van der Waals surface area contributed by atoms with Gasteiger partial charge in [-0.2, -0.15) is 0 Å². The summed E-state index contributed by atoms with van der Waals surface area (Å²) < 4.78 is 5.39. The van der Waals surface area contributed by atoms with Crippen molar-refractivity contribution in [2.24, 2.45) is 5.92 Å². The Morgan fingerprint density at radius 2 is 1.81 bits per heavy atom. The first-order chi connectivity index (χ1) is 12.6. The van der Waals surface area contributed by atoms with Gasteiger partial charge in [-0.15, -0.1) is 0 Å². The van der Waals surface area contributed by atoms with Crippen molar-refractivity contribution in [2.75, 3.05) is 26.7 Å². The van der Waals surface area contributed by atoms with Crippen molar-refractivity contribution in [3.05, 3.63) is 40.9 Å². The Labute approximate surface area is 166 Å². The zero-order chi connectivity index (χ0) is 20.0. The molecule has 0 atom stereocenters. The van der Waals surface area contributed by atoms with E-state index in [2.05, 4.69) is 0 Å². The highest BCUT2D eigenvalue weighted by Crippen LogP contribution is 2.20. The SMILES string of the molecule is CN(CC1CCN(C(=O)C=Cc2ccc(Cl)cc2)CC1)C(=O)OC(C)(C)C. The molecule has 1 aliphatic rings. The number of carbonyl (C=O) groups is 2. The van der Waals surface area contributed by atoms with Crippen molar-refractivity contribution < 1.29 is 14.3 Å². The summed E-state index contributed by atoms with van der Waals surface area (Å²) in [6.07, 6.45) is 4.88. The zero-order valence-corrected chi connectivity index (χ0v) is 17.3. The number of amides is 2. The molecule has 1 saturated heterocycles. The van der Waals surface area contributed by atoms with E-state index < -0.39 is 5.60 Å². The van der Waals surface area contributed by atoms with E-state index in [4.69, 9.17) is 16.3 Å². The van der Waals surface area contributed by atoms with Crippen molar-refractivity contribution in [2.45, 2.75) is 39.2 Å². The molecule has 1 aromatic carbocycles. The molecular weight excluding hydrogens is 364 g/mol. The Balaban J connectivity index is 1.78. The van der Waals surface area contributed by atoms with E-state index in [9.17, 15) is 9.59 Å². The van der Waals surface area contributed by atoms with E-state index in [0.29, 0.717) is 30.6 Å². The van der Waals surface area contributed by atoms with Gasteiger partial charge < -0.3 is 14.5 Å². The second-order valence-corrected chi connectivity index (χ2v) is 8.45. The summed E-state index contributed by atoms with van der Waals surface area (Å²) in [4.78, 5) is 27.9. The fraction of sp³-hybridized carbons (Fsp3) is 0.524. The Morgan fingerprint density at radius 3 is 2.37 bits per heavy atom. The topological polar surface area (TPSA) is 49.9 Å². The second kappa shape index (κ2) is 9.27. The molecule has 0 N–H and O–H groups in total. The molecule has 6 heteroatoms. The largest absolute Gasteiger partial charge is 0.444 e.